The molecule has 0 radical (unpaired) electrons. The molecule has 9 heteroatoms. The lowest BCUT2D eigenvalue weighted by Crippen LogP contribution is -2.49. The third kappa shape index (κ3) is 6.32. The number of amides is 1. The summed E-state index contributed by atoms with van der Waals surface area (Å²) < 4.78 is 7.44. The van der Waals surface area contributed by atoms with Crippen LogP contribution >= 0.6 is 27.5 Å². The number of carbonyl (C=O) groups is 1. The highest BCUT2D eigenvalue weighted by molar-refractivity contribution is 9.10. The van der Waals surface area contributed by atoms with Crippen LogP contribution in [0.4, 0.5) is 5.69 Å². The van der Waals surface area contributed by atoms with E-state index in [0.717, 1.165) is 27.0 Å². The van der Waals surface area contributed by atoms with Crippen molar-refractivity contribution in [1.29, 1.82) is 0 Å². The smallest absolute Gasteiger partial charge is 0.235 e. The van der Waals surface area contributed by atoms with E-state index in [2.05, 4.69) is 60.6 Å². The van der Waals surface area contributed by atoms with E-state index >= 15 is 0 Å². The second-order valence-electron chi connectivity index (χ2n) is 9.54. The molecule has 1 amide bonds. The molecule has 2 N–H and O–H groups in total. The highest BCUT2D eigenvalue weighted by atomic mass is 79.9. The zero-order valence-corrected chi connectivity index (χ0v) is 23.1. The minimum atomic E-state index is -2.04. The molecule has 0 saturated heterocycles. The maximum absolute atomic E-state index is 11.6. The number of carbonyl (C=O) groups excluding carboxylic acids is 1. The molecule has 1 aliphatic rings. The maximum Gasteiger partial charge on any atom is 0.235 e. The number of nitrogens with one attached hydrogen (secondary N) is 2. The molecule has 176 valence electrons. The third-order valence-corrected chi connectivity index (χ3v) is 11.2. The summed E-state index contributed by atoms with van der Waals surface area (Å²) in [5, 5.41) is 0.709. The first kappa shape index (κ1) is 25.6. The van der Waals surface area contributed by atoms with Crippen molar-refractivity contribution in [2.75, 3.05) is 6.61 Å². The predicted octanol–water partition coefficient (Wildman–Crippen LogP) is 6.01. The standard InChI is InChI=1S/C24H30BrClN4O2Si/c1-15(31)29-30-23-21(14-32-33(5,6)24(2,3)4)27-22(16-7-10-18(26)11-8-16)19-13-17(25)9-12-20(19)28-23/h7-13,21H,14H2,1-6H3,(H,28,30)(H,29,31). The summed E-state index contributed by atoms with van der Waals surface area (Å²) in [5.41, 5.74) is 8.95. The van der Waals surface area contributed by atoms with Crippen LogP contribution in [-0.2, 0) is 9.22 Å². The predicted molar refractivity (Wildman–Crippen MR) is 142 cm³/mol. The van der Waals surface area contributed by atoms with Gasteiger partial charge in [0, 0.05) is 27.5 Å². The van der Waals surface area contributed by atoms with Crippen molar-refractivity contribution < 1.29 is 9.22 Å². The number of nitrogens with zero attached hydrogens (tertiary/aromatic N) is 2. The van der Waals surface area contributed by atoms with Crippen molar-refractivity contribution in [3.05, 3.63) is 63.1 Å². The molecule has 1 aliphatic heterocycles. The van der Waals surface area contributed by atoms with Crippen LogP contribution in [0.2, 0.25) is 23.2 Å². The molecule has 6 nitrogen and oxygen atoms in total. The Morgan fingerprint density at radius 2 is 1.85 bits per heavy atom. The van der Waals surface area contributed by atoms with Gasteiger partial charge in [0.15, 0.2) is 8.32 Å². The molecule has 0 fully saturated rings. The lowest BCUT2D eigenvalue weighted by Gasteiger charge is -2.37. The second-order valence-corrected chi connectivity index (χ2v) is 15.7. The molecular formula is C24H30BrClN4O2Si. The maximum atomic E-state index is 11.6. The van der Waals surface area contributed by atoms with Crippen LogP contribution < -0.4 is 10.9 Å². The van der Waals surface area contributed by atoms with Gasteiger partial charge in [-0.05, 0) is 48.5 Å². The summed E-state index contributed by atoms with van der Waals surface area (Å²) in [5.74, 6) is 0.306. The zero-order chi connectivity index (χ0) is 24.4. The summed E-state index contributed by atoms with van der Waals surface area (Å²) in [6.45, 7) is 12.8. The van der Waals surface area contributed by atoms with Crippen LogP contribution in [0.3, 0.4) is 0 Å². The average molecular weight is 550 g/mol. The van der Waals surface area contributed by atoms with Gasteiger partial charge in [0.25, 0.3) is 0 Å². The van der Waals surface area contributed by atoms with Crippen molar-refractivity contribution >= 4 is 59.0 Å². The Labute approximate surface area is 210 Å². The molecule has 0 saturated carbocycles. The van der Waals surface area contributed by atoms with Gasteiger partial charge in [0.1, 0.15) is 11.9 Å². The van der Waals surface area contributed by atoms with Crippen molar-refractivity contribution in [2.45, 2.75) is 51.9 Å². The summed E-state index contributed by atoms with van der Waals surface area (Å²) in [6, 6.07) is 13.0. The SMILES string of the molecule is CC(=O)NNC1=Nc2ccc(Br)cc2C(c2ccc(Cl)cc2)=NC1CO[Si](C)(C)C(C)(C)C. The van der Waals surface area contributed by atoms with Crippen LogP contribution in [0.5, 0.6) is 0 Å². The normalized spacial score (nSPS) is 16.3. The van der Waals surface area contributed by atoms with Crippen LogP contribution in [0.25, 0.3) is 0 Å². The van der Waals surface area contributed by atoms with Gasteiger partial charge in [-0.2, -0.15) is 0 Å². The van der Waals surface area contributed by atoms with E-state index < -0.39 is 14.4 Å². The van der Waals surface area contributed by atoms with Gasteiger partial charge >= 0.3 is 0 Å². The fraction of sp³-hybridized carbons (Fsp3) is 0.375. The molecule has 3 rings (SSSR count). The van der Waals surface area contributed by atoms with Crippen LogP contribution in [0.15, 0.2) is 56.9 Å². The molecule has 2 aromatic carbocycles. The highest BCUT2D eigenvalue weighted by Crippen LogP contribution is 2.37. The van der Waals surface area contributed by atoms with E-state index in [9.17, 15) is 4.79 Å². The van der Waals surface area contributed by atoms with Gasteiger partial charge in [0.05, 0.1) is 18.0 Å². The first-order valence-electron chi connectivity index (χ1n) is 10.8. The molecule has 33 heavy (non-hydrogen) atoms. The Kier molecular flexibility index (Phi) is 7.83. The van der Waals surface area contributed by atoms with E-state index in [1.807, 2.05) is 42.5 Å². The minimum Gasteiger partial charge on any atom is -0.414 e. The fourth-order valence-electron chi connectivity index (χ4n) is 3.01. The number of hydrazine groups is 1. The first-order chi connectivity index (χ1) is 15.4. The number of hydrogen-bond donors (Lipinski definition) is 2. The van der Waals surface area contributed by atoms with Gasteiger partial charge in [-0.3, -0.25) is 20.6 Å². The number of amidine groups is 1. The summed E-state index contributed by atoms with van der Waals surface area (Å²) in [7, 11) is -2.04. The van der Waals surface area contributed by atoms with E-state index in [4.69, 9.17) is 26.0 Å². The van der Waals surface area contributed by atoms with E-state index in [-0.39, 0.29) is 10.9 Å². The lowest BCUT2D eigenvalue weighted by molar-refractivity contribution is -0.119. The Morgan fingerprint density at radius 1 is 1.18 bits per heavy atom. The van der Waals surface area contributed by atoms with Gasteiger partial charge in [0.2, 0.25) is 5.91 Å². The number of fused-ring (bicyclic) bond motifs is 1. The molecule has 1 atom stereocenters. The fourth-order valence-corrected chi connectivity index (χ4v) is 4.50. The largest absolute Gasteiger partial charge is 0.414 e. The van der Waals surface area contributed by atoms with Crippen molar-refractivity contribution in [2.24, 2.45) is 9.98 Å². The monoisotopic (exact) mass is 548 g/mol. The average Bonchev–Trinajstić information content (AvgIpc) is 2.87. The van der Waals surface area contributed by atoms with Crippen molar-refractivity contribution in [1.82, 2.24) is 10.9 Å². The van der Waals surface area contributed by atoms with Crippen molar-refractivity contribution in [3.63, 3.8) is 0 Å². The summed E-state index contributed by atoms with van der Waals surface area (Å²) in [4.78, 5) is 21.6. The Bertz CT molecular complexity index is 1090. The van der Waals surface area contributed by atoms with Gasteiger partial charge in [-0.25, -0.2) is 4.99 Å². The molecule has 0 bridgehead atoms. The van der Waals surface area contributed by atoms with Gasteiger partial charge < -0.3 is 4.43 Å². The molecule has 0 spiro atoms. The number of aliphatic imine (C=N–C) groups is 2. The van der Waals surface area contributed by atoms with Gasteiger partial charge in [-0.1, -0.05) is 60.4 Å². The second kappa shape index (κ2) is 10.1. The van der Waals surface area contributed by atoms with E-state index in [1.165, 1.54) is 6.92 Å². The topological polar surface area (TPSA) is 75.1 Å². The Morgan fingerprint density at radius 3 is 2.45 bits per heavy atom. The van der Waals surface area contributed by atoms with Crippen LogP contribution in [-0.4, -0.2) is 38.4 Å². The molecule has 1 unspecified atom stereocenters. The number of halogens is 2. The van der Waals surface area contributed by atoms with Crippen LogP contribution in [0, 0.1) is 0 Å². The third-order valence-electron chi connectivity index (χ3n) is 5.95. The highest BCUT2D eigenvalue weighted by Gasteiger charge is 2.38. The van der Waals surface area contributed by atoms with E-state index in [1.54, 1.807) is 0 Å². The molecule has 0 aliphatic carbocycles. The van der Waals surface area contributed by atoms with Crippen LogP contribution in [0.1, 0.15) is 38.8 Å². The molecular weight excluding hydrogens is 520 g/mol. The first-order valence-corrected chi connectivity index (χ1v) is 14.8. The number of hydrogen-bond acceptors (Lipinski definition) is 5. The summed E-state index contributed by atoms with van der Waals surface area (Å²) >= 11 is 9.71. The quantitative estimate of drug-likeness (QED) is 0.362. The van der Waals surface area contributed by atoms with Gasteiger partial charge in [-0.15, -0.1) is 0 Å². The number of benzene rings is 2. The zero-order valence-electron chi connectivity index (χ0n) is 19.8. The Balaban J connectivity index is 2.11. The van der Waals surface area contributed by atoms with Crippen molar-refractivity contribution in [3.8, 4) is 0 Å². The van der Waals surface area contributed by atoms with E-state index in [0.29, 0.717) is 17.5 Å². The molecule has 1 heterocycles. The minimum absolute atomic E-state index is 0.0522. The molecule has 0 aromatic heterocycles. The summed E-state index contributed by atoms with van der Waals surface area (Å²) in [6.07, 6.45) is 0. The Hall–Kier alpha value is -2.00. The molecule has 2 aromatic rings. The lowest BCUT2D eigenvalue weighted by atomic mass is 10.0. The number of rotatable bonds is 4.